The van der Waals surface area contributed by atoms with Crippen molar-refractivity contribution in [2.45, 2.75) is 38.6 Å². The van der Waals surface area contributed by atoms with E-state index in [0.29, 0.717) is 29.6 Å². The third kappa shape index (κ3) is 7.02. The number of benzene rings is 1. The Morgan fingerprint density at radius 3 is 2.53 bits per heavy atom. The standard InChI is InChI=1S/C23H29ClN4O2/c24-21-8-6-19(7-9-21)16-27-23(30)26-13-2-1-4-18-10-14-28(15-11-18)22(29)20-5-3-12-25-17-20/h3,5-9,12,17-18H,1-2,4,10-11,13-16H2,(H2,26,27,30). The number of unbranched alkanes of at least 4 members (excludes halogenated alkanes) is 1. The Bertz CT molecular complexity index is 806. The highest BCUT2D eigenvalue weighted by atomic mass is 35.5. The number of amides is 3. The molecule has 7 heteroatoms. The van der Waals surface area contributed by atoms with E-state index in [0.717, 1.165) is 50.8 Å². The number of halogens is 1. The summed E-state index contributed by atoms with van der Waals surface area (Å²) in [5.41, 5.74) is 1.68. The molecule has 1 fully saturated rings. The summed E-state index contributed by atoms with van der Waals surface area (Å²) < 4.78 is 0. The molecule has 0 radical (unpaired) electrons. The summed E-state index contributed by atoms with van der Waals surface area (Å²) in [6.45, 7) is 2.78. The molecule has 160 valence electrons. The number of aromatic nitrogens is 1. The highest BCUT2D eigenvalue weighted by Crippen LogP contribution is 2.23. The molecule has 0 unspecified atom stereocenters. The smallest absolute Gasteiger partial charge is 0.315 e. The molecule has 0 atom stereocenters. The minimum absolute atomic E-state index is 0.0790. The van der Waals surface area contributed by atoms with Gasteiger partial charge in [0.2, 0.25) is 0 Å². The molecule has 1 saturated heterocycles. The number of nitrogens with zero attached hydrogens (tertiary/aromatic N) is 2. The number of rotatable bonds is 8. The third-order valence-electron chi connectivity index (χ3n) is 5.50. The van der Waals surface area contributed by atoms with Crippen LogP contribution in [-0.2, 0) is 6.54 Å². The lowest BCUT2D eigenvalue weighted by Crippen LogP contribution is -2.38. The second kappa shape index (κ2) is 11.6. The molecule has 6 nitrogen and oxygen atoms in total. The van der Waals surface area contributed by atoms with E-state index in [9.17, 15) is 9.59 Å². The quantitative estimate of drug-likeness (QED) is 0.617. The number of pyridine rings is 1. The van der Waals surface area contributed by atoms with Gasteiger partial charge in [0.1, 0.15) is 0 Å². The van der Waals surface area contributed by atoms with Gasteiger partial charge in [-0.1, -0.05) is 36.6 Å². The van der Waals surface area contributed by atoms with Crippen LogP contribution >= 0.6 is 11.6 Å². The summed E-state index contributed by atoms with van der Waals surface area (Å²) in [5.74, 6) is 0.733. The summed E-state index contributed by atoms with van der Waals surface area (Å²) in [7, 11) is 0. The van der Waals surface area contributed by atoms with Crippen molar-refractivity contribution in [3.8, 4) is 0 Å². The van der Waals surface area contributed by atoms with Crippen LogP contribution in [0.25, 0.3) is 0 Å². The topological polar surface area (TPSA) is 74.3 Å². The van der Waals surface area contributed by atoms with Gasteiger partial charge in [-0.3, -0.25) is 9.78 Å². The zero-order valence-electron chi connectivity index (χ0n) is 17.1. The average Bonchev–Trinajstić information content (AvgIpc) is 2.79. The molecule has 1 aliphatic heterocycles. The van der Waals surface area contributed by atoms with Gasteiger partial charge >= 0.3 is 6.03 Å². The lowest BCUT2D eigenvalue weighted by atomic mass is 9.91. The number of carbonyl (C=O) groups excluding carboxylic acids is 2. The van der Waals surface area contributed by atoms with E-state index in [2.05, 4.69) is 15.6 Å². The molecule has 0 bridgehead atoms. The van der Waals surface area contributed by atoms with Crippen LogP contribution in [0.1, 0.15) is 48.0 Å². The summed E-state index contributed by atoms with van der Waals surface area (Å²) in [4.78, 5) is 30.3. The van der Waals surface area contributed by atoms with Gasteiger partial charge in [0.05, 0.1) is 5.56 Å². The van der Waals surface area contributed by atoms with Gasteiger partial charge in [-0.15, -0.1) is 0 Å². The summed E-state index contributed by atoms with van der Waals surface area (Å²) in [6.07, 6.45) is 8.58. The normalized spacial score (nSPS) is 14.4. The average molecular weight is 429 g/mol. The number of hydrogen-bond donors (Lipinski definition) is 2. The lowest BCUT2D eigenvalue weighted by Gasteiger charge is -2.32. The predicted molar refractivity (Wildman–Crippen MR) is 118 cm³/mol. The van der Waals surface area contributed by atoms with Crippen LogP contribution < -0.4 is 10.6 Å². The highest BCUT2D eigenvalue weighted by Gasteiger charge is 2.23. The van der Waals surface area contributed by atoms with Gasteiger partial charge in [0, 0.05) is 43.6 Å². The fraction of sp³-hybridized carbons (Fsp3) is 0.435. The van der Waals surface area contributed by atoms with E-state index in [1.807, 2.05) is 35.2 Å². The van der Waals surface area contributed by atoms with Crippen molar-refractivity contribution in [3.05, 3.63) is 64.9 Å². The van der Waals surface area contributed by atoms with E-state index in [-0.39, 0.29) is 11.9 Å². The SMILES string of the molecule is O=C(NCCCCC1CCN(C(=O)c2cccnc2)CC1)NCc1ccc(Cl)cc1. The number of carbonyl (C=O) groups is 2. The van der Waals surface area contributed by atoms with E-state index in [4.69, 9.17) is 11.6 Å². The maximum Gasteiger partial charge on any atom is 0.315 e. The Hall–Kier alpha value is -2.60. The highest BCUT2D eigenvalue weighted by molar-refractivity contribution is 6.30. The molecule has 1 aromatic heterocycles. The first-order valence-corrected chi connectivity index (χ1v) is 10.9. The van der Waals surface area contributed by atoms with Crippen molar-refractivity contribution in [1.82, 2.24) is 20.5 Å². The van der Waals surface area contributed by atoms with Crippen LogP contribution in [0.3, 0.4) is 0 Å². The number of piperidine rings is 1. The lowest BCUT2D eigenvalue weighted by molar-refractivity contribution is 0.0685. The van der Waals surface area contributed by atoms with Crippen LogP contribution in [0.5, 0.6) is 0 Å². The van der Waals surface area contributed by atoms with E-state index in [1.54, 1.807) is 18.5 Å². The van der Waals surface area contributed by atoms with Gasteiger partial charge < -0.3 is 15.5 Å². The molecule has 3 amide bonds. The first-order valence-electron chi connectivity index (χ1n) is 10.6. The monoisotopic (exact) mass is 428 g/mol. The second-order valence-electron chi connectivity index (χ2n) is 7.71. The van der Waals surface area contributed by atoms with Gasteiger partial charge in [-0.05, 0) is 55.0 Å². The molecule has 1 aromatic carbocycles. The van der Waals surface area contributed by atoms with Crippen molar-refractivity contribution >= 4 is 23.5 Å². The summed E-state index contributed by atoms with van der Waals surface area (Å²) in [5, 5.41) is 6.45. The Labute approximate surface area is 183 Å². The number of hydrogen-bond acceptors (Lipinski definition) is 3. The molecule has 0 saturated carbocycles. The Morgan fingerprint density at radius 2 is 1.83 bits per heavy atom. The van der Waals surface area contributed by atoms with Crippen LogP contribution in [0.2, 0.25) is 5.02 Å². The number of urea groups is 1. The molecule has 0 spiro atoms. The van der Waals surface area contributed by atoms with Gasteiger partial charge in [0.15, 0.2) is 0 Å². The Balaban J connectivity index is 1.24. The van der Waals surface area contributed by atoms with E-state index < -0.39 is 0 Å². The zero-order chi connectivity index (χ0) is 21.2. The Kier molecular flexibility index (Phi) is 8.51. The van der Waals surface area contributed by atoms with E-state index in [1.165, 1.54) is 0 Å². The van der Waals surface area contributed by atoms with Crippen molar-refractivity contribution < 1.29 is 9.59 Å². The summed E-state index contributed by atoms with van der Waals surface area (Å²) >= 11 is 5.86. The first-order chi connectivity index (χ1) is 14.6. The fourth-order valence-corrected chi connectivity index (χ4v) is 3.83. The molecule has 3 rings (SSSR count). The van der Waals surface area contributed by atoms with Crippen molar-refractivity contribution in [1.29, 1.82) is 0 Å². The van der Waals surface area contributed by atoms with Gasteiger partial charge in [-0.25, -0.2) is 4.79 Å². The molecule has 0 aliphatic carbocycles. The van der Waals surface area contributed by atoms with Crippen molar-refractivity contribution in [2.24, 2.45) is 5.92 Å². The van der Waals surface area contributed by atoms with Crippen LogP contribution in [0, 0.1) is 5.92 Å². The van der Waals surface area contributed by atoms with Crippen LogP contribution in [-0.4, -0.2) is 41.5 Å². The van der Waals surface area contributed by atoms with Crippen molar-refractivity contribution in [2.75, 3.05) is 19.6 Å². The largest absolute Gasteiger partial charge is 0.339 e. The summed E-state index contributed by atoms with van der Waals surface area (Å²) in [6, 6.07) is 10.9. The minimum atomic E-state index is -0.146. The van der Waals surface area contributed by atoms with Crippen LogP contribution in [0.4, 0.5) is 4.79 Å². The Morgan fingerprint density at radius 1 is 1.07 bits per heavy atom. The molecule has 2 N–H and O–H groups in total. The van der Waals surface area contributed by atoms with Gasteiger partial charge in [0.25, 0.3) is 5.91 Å². The fourth-order valence-electron chi connectivity index (χ4n) is 3.70. The maximum absolute atomic E-state index is 12.5. The maximum atomic E-state index is 12.5. The molecular weight excluding hydrogens is 400 g/mol. The molecule has 2 heterocycles. The zero-order valence-corrected chi connectivity index (χ0v) is 17.9. The minimum Gasteiger partial charge on any atom is -0.339 e. The van der Waals surface area contributed by atoms with Crippen molar-refractivity contribution in [3.63, 3.8) is 0 Å². The second-order valence-corrected chi connectivity index (χ2v) is 8.15. The predicted octanol–water partition coefficient (Wildman–Crippen LogP) is 4.26. The first kappa shape index (κ1) is 22.1. The molecule has 1 aliphatic rings. The molecule has 30 heavy (non-hydrogen) atoms. The van der Waals surface area contributed by atoms with E-state index >= 15 is 0 Å². The number of likely N-dealkylation sites (tertiary alicyclic amines) is 1. The molecular formula is C23H29ClN4O2. The third-order valence-corrected chi connectivity index (χ3v) is 5.75. The van der Waals surface area contributed by atoms with Gasteiger partial charge in [-0.2, -0.15) is 0 Å². The van der Waals surface area contributed by atoms with Crippen LogP contribution in [0.15, 0.2) is 48.8 Å². The number of nitrogens with one attached hydrogen (secondary N) is 2. The molecule has 2 aromatic rings.